The van der Waals surface area contributed by atoms with Gasteiger partial charge in [-0.3, -0.25) is 4.79 Å². The third-order valence-electron chi connectivity index (χ3n) is 2.73. The van der Waals surface area contributed by atoms with Gasteiger partial charge in [0.05, 0.1) is 5.54 Å². The molecule has 0 aliphatic heterocycles. The van der Waals surface area contributed by atoms with Gasteiger partial charge in [0, 0.05) is 15.7 Å². The van der Waals surface area contributed by atoms with Crippen molar-refractivity contribution in [1.82, 2.24) is 0 Å². The Labute approximate surface area is 101 Å². The number of carbonyl (C=O) groups excluding carboxylic acids is 1. The maximum Gasteiger partial charge on any atom is 0.182 e. The van der Waals surface area contributed by atoms with Crippen molar-refractivity contribution in [2.24, 2.45) is 5.73 Å². The van der Waals surface area contributed by atoms with E-state index in [4.69, 9.17) is 5.73 Å². The van der Waals surface area contributed by atoms with Gasteiger partial charge in [-0.05, 0) is 25.0 Å². The molecule has 0 unspecified atom stereocenters. The molecule has 3 heteroatoms. The van der Waals surface area contributed by atoms with Crippen molar-refractivity contribution in [1.29, 1.82) is 0 Å². The Hall–Kier alpha value is -0.800. The highest BCUT2D eigenvalue weighted by atomic mass is 32.2. The number of nitrogens with two attached hydrogens (primary N) is 1. The van der Waals surface area contributed by atoms with Crippen molar-refractivity contribution in [3.05, 3.63) is 29.8 Å². The summed E-state index contributed by atoms with van der Waals surface area (Å²) in [6.45, 7) is 4.31. The van der Waals surface area contributed by atoms with Crippen molar-refractivity contribution in [3.8, 4) is 0 Å². The molecule has 0 spiro atoms. The van der Waals surface area contributed by atoms with Crippen molar-refractivity contribution < 1.29 is 4.79 Å². The summed E-state index contributed by atoms with van der Waals surface area (Å²) < 4.78 is 0. The summed E-state index contributed by atoms with van der Waals surface area (Å²) in [4.78, 5) is 13.1. The lowest BCUT2D eigenvalue weighted by Gasteiger charge is -2.09. The van der Waals surface area contributed by atoms with E-state index in [1.54, 1.807) is 11.8 Å². The molecular weight excluding hydrogens is 218 g/mol. The molecule has 1 saturated carbocycles. The van der Waals surface area contributed by atoms with E-state index in [0.29, 0.717) is 5.25 Å². The first-order valence-corrected chi connectivity index (χ1v) is 6.50. The molecule has 1 aromatic carbocycles. The number of carbonyl (C=O) groups is 1. The molecule has 2 rings (SSSR count). The Morgan fingerprint density at radius 1 is 1.31 bits per heavy atom. The summed E-state index contributed by atoms with van der Waals surface area (Å²) in [7, 11) is 0. The zero-order chi connectivity index (χ0) is 11.8. The van der Waals surface area contributed by atoms with Gasteiger partial charge in [-0.2, -0.15) is 0 Å². The van der Waals surface area contributed by atoms with E-state index >= 15 is 0 Å². The molecule has 1 aliphatic rings. The number of hydrogen-bond donors (Lipinski definition) is 1. The molecule has 0 saturated heterocycles. The quantitative estimate of drug-likeness (QED) is 0.644. The normalized spacial score (nSPS) is 17.5. The van der Waals surface area contributed by atoms with Crippen LogP contribution in [0.2, 0.25) is 0 Å². The van der Waals surface area contributed by atoms with E-state index in [0.717, 1.165) is 18.4 Å². The van der Waals surface area contributed by atoms with Gasteiger partial charge in [-0.15, -0.1) is 11.8 Å². The zero-order valence-corrected chi connectivity index (χ0v) is 10.5. The topological polar surface area (TPSA) is 43.1 Å². The molecule has 1 aliphatic carbocycles. The number of hydrogen-bond acceptors (Lipinski definition) is 3. The highest BCUT2D eigenvalue weighted by molar-refractivity contribution is 7.99. The molecule has 1 aromatic rings. The lowest BCUT2D eigenvalue weighted by Crippen LogP contribution is -2.32. The molecule has 1 fully saturated rings. The first-order valence-electron chi connectivity index (χ1n) is 5.62. The maximum absolute atomic E-state index is 11.9. The Bertz CT molecular complexity index is 393. The molecule has 2 N–H and O–H groups in total. The van der Waals surface area contributed by atoms with Crippen LogP contribution in [-0.2, 0) is 0 Å². The standard InChI is InChI=1S/C13H17NOS/c1-9(2)16-11-5-3-10(4-6-11)12(15)13(14)7-8-13/h3-6,9H,7-8,14H2,1-2H3. The monoisotopic (exact) mass is 235 g/mol. The Morgan fingerprint density at radius 3 is 2.31 bits per heavy atom. The van der Waals surface area contributed by atoms with Gasteiger partial charge in [0.25, 0.3) is 0 Å². The fraction of sp³-hybridized carbons (Fsp3) is 0.462. The smallest absolute Gasteiger partial charge is 0.182 e. The fourth-order valence-electron chi connectivity index (χ4n) is 1.61. The Balaban J connectivity index is 2.10. The average Bonchev–Trinajstić information content (AvgIpc) is 2.97. The second-order valence-corrected chi connectivity index (χ2v) is 6.33. The van der Waals surface area contributed by atoms with Crippen LogP contribution < -0.4 is 5.73 Å². The predicted octanol–water partition coefficient (Wildman–Crippen LogP) is 2.86. The van der Waals surface area contributed by atoms with E-state index < -0.39 is 5.54 Å². The van der Waals surface area contributed by atoms with Crippen molar-refractivity contribution in [2.75, 3.05) is 0 Å². The SMILES string of the molecule is CC(C)Sc1ccc(C(=O)C2(N)CC2)cc1. The van der Waals surface area contributed by atoms with Crippen molar-refractivity contribution >= 4 is 17.5 Å². The van der Waals surface area contributed by atoms with E-state index in [2.05, 4.69) is 13.8 Å². The number of thioether (sulfide) groups is 1. The minimum atomic E-state index is -0.549. The molecule has 0 radical (unpaired) electrons. The molecule has 2 nitrogen and oxygen atoms in total. The molecule has 0 heterocycles. The van der Waals surface area contributed by atoms with Crippen LogP contribution in [0.1, 0.15) is 37.0 Å². The van der Waals surface area contributed by atoms with Crippen LogP contribution in [-0.4, -0.2) is 16.6 Å². The molecule has 16 heavy (non-hydrogen) atoms. The van der Waals surface area contributed by atoms with Crippen LogP contribution in [0.25, 0.3) is 0 Å². The summed E-state index contributed by atoms with van der Waals surface area (Å²) in [5, 5.41) is 0.561. The molecule has 86 valence electrons. The van der Waals surface area contributed by atoms with Crippen LogP contribution in [0, 0.1) is 0 Å². The van der Waals surface area contributed by atoms with E-state index in [1.807, 2.05) is 24.3 Å². The van der Waals surface area contributed by atoms with Gasteiger partial charge >= 0.3 is 0 Å². The third-order valence-corrected chi connectivity index (χ3v) is 3.74. The third kappa shape index (κ3) is 2.47. The van der Waals surface area contributed by atoms with Crippen molar-refractivity contribution in [2.45, 2.75) is 42.4 Å². The average molecular weight is 235 g/mol. The van der Waals surface area contributed by atoms with Crippen LogP contribution in [0.15, 0.2) is 29.2 Å². The summed E-state index contributed by atoms with van der Waals surface area (Å²) in [5.41, 5.74) is 6.08. The van der Waals surface area contributed by atoms with Crippen LogP contribution in [0.5, 0.6) is 0 Å². The Morgan fingerprint density at radius 2 is 1.88 bits per heavy atom. The number of Topliss-reactive ketones (excluding diaryl/α,β-unsaturated/α-hetero) is 1. The minimum Gasteiger partial charge on any atom is -0.319 e. The second kappa shape index (κ2) is 4.22. The second-order valence-electron chi connectivity index (χ2n) is 4.68. The van der Waals surface area contributed by atoms with Crippen LogP contribution in [0.4, 0.5) is 0 Å². The molecule has 0 amide bonds. The first kappa shape index (κ1) is 11.7. The fourth-order valence-corrected chi connectivity index (χ4v) is 2.44. The lowest BCUT2D eigenvalue weighted by molar-refractivity contribution is 0.0949. The summed E-state index contributed by atoms with van der Waals surface area (Å²) in [5.74, 6) is 0.0913. The number of benzene rings is 1. The van der Waals surface area contributed by atoms with Gasteiger partial charge in [0.15, 0.2) is 5.78 Å². The largest absolute Gasteiger partial charge is 0.319 e. The van der Waals surface area contributed by atoms with Crippen molar-refractivity contribution in [3.63, 3.8) is 0 Å². The first-order chi connectivity index (χ1) is 7.51. The van der Waals surface area contributed by atoms with E-state index in [1.165, 1.54) is 4.90 Å². The van der Waals surface area contributed by atoms with Gasteiger partial charge in [0.1, 0.15) is 0 Å². The summed E-state index contributed by atoms with van der Waals surface area (Å²) in [6, 6.07) is 7.78. The van der Waals surface area contributed by atoms with Crippen LogP contribution >= 0.6 is 11.8 Å². The zero-order valence-electron chi connectivity index (χ0n) is 9.69. The van der Waals surface area contributed by atoms with Gasteiger partial charge < -0.3 is 5.73 Å². The minimum absolute atomic E-state index is 0.0913. The Kier molecular flexibility index (Phi) is 3.08. The van der Waals surface area contributed by atoms with Crippen LogP contribution in [0.3, 0.4) is 0 Å². The highest BCUT2D eigenvalue weighted by Gasteiger charge is 2.45. The number of ketones is 1. The van der Waals surface area contributed by atoms with Gasteiger partial charge in [-0.25, -0.2) is 0 Å². The predicted molar refractivity (Wildman–Crippen MR) is 67.9 cm³/mol. The molecule has 0 atom stereocenters. The van der Waals surface area contributed by atoms with Gasteiger partial charge in [0.2, 0.25) is 0 Å². The maximum atomic E-state index is 11.9. The van der Waals surface area contributed by atoms with E-state index in [9.17, 15) is 4.79 Å². The van der Waals surface area contributed by atoms with Gasteiger partial charge in [-0.1, -0.05) is 26.0 Å². The summed E-state index contributed by atoms with van der Waals surface area (Å²) >= 11 is 1.80. The molecular formula is C13H17NOS. The number of rotatable bonds is 4. The molecule has 0 bridgehead atoms. The lowest BCUT2D eigenvalue weighted by atomic mass is 10.0. The van der Waals surface area contributed by atoms with E-state index in [-0.39, 0.29) is 5.78 Å². The highest BCUT2D eigenvalue weighted by Crippen LogP contribution is 2.35. The summed E-state index contributed by atoms with van der Waals surface area (Å²) in [6.07, 6.45) is 1.66. The molecule has 0 aromatic heterocycles.